The first-order valence-electron chi connectivity index (χ1n) is 5.92. The van der Waals surface area contributed by atoms with E-state index in [0.29, 0.717) is 16.5 Å². The fraction of sp³-hybridized carbons (Fsp3) is 0.214. The van der Waals surface area contributed by atoms with E-state index in [-0.39, 0.29) is 6.04 Å². The second-order valence-corrected chi connectivity index (χ2v) is 5.26. The van der Waals surface area contributed by atoms with Gasteiger partial charge < -0.3 is 0 Å². The number of aromatic nitrogens is 1. The first-order chi connectivity index (χ1) is 9.10. The van der Waals surface area contributed by atoms with E-state index in [1.54, 1.807) is 18.3 Å². The molecule has 0 aliphatic carbocycles. The topological polar surface area (TPSA) is 50.9 Å². The maximum Gasteiger partial charge on any atom is 0.0673 e. The van der Waals surface area contributed by atoms with Gasteiger partial charge in [0.2, 0.25) is 0 Å². The molecule has 100 valence electrons. The fourth-order valence-electron chi connectivity index (χ4n) is 1.92. The Bertz CT molecular complexity index is 572. The second kappa shape index (κ2) is 6.35. The van der Waals surface area contributed by atoms with Gasteiger partial charge in [0.05, 0.1) is 11.7 Å². The summed E-state index contributed by atoms with van der Waals surface area (Å²) in [6.07, 6.45) is 2.40. The molecule has 0 aliphatic heterocycles. The van der Waals surface area contributed by atoms with Crippen LogP contribution in [0, 0.1) is 6.92 Å². The molecule has 0 amide bonds. The number of hydrazine groups is 1. The molecular formula is C14H15Cl2N3. The van der Waals surface area contributed by atoms with Crippen LogP contribution in [0.3, 0.4) is 0 Å². The van der Waals surface area contributed by atoms with Crippen LogP contribution in [-0.2, 0) is 6.42 Å². The van der Waals surface area contributed by atoms with Crippen LogP contribution < -0.4 is 11.3 Å². The van der Waals surface area contributed by atoms with Crippen molar-refractivity contribution in [2.45, 2.75) is 19.4 Å². The van der Waals surface area contributed by atoms with Gasteiger partial charge >= 0.3 is 0 Å². The molecule has 0 saturated heterocycles. The average molecular weight is 296 g/mol. The highest BCUT2D eigenvalue weighted by atomic mass is 35.5. The Morgan fingerprint density at radius 2 is 2.05 bits per heavy atom. The molecule has 0 bridgehead atoms. The summed E-state index contributed by atoms with van der Waals surface area (Å²) in [5.74, 6) is 5.62. The molecule has 1 aromatic heterocycles. The molecule has 3 nitrogen and oxygen atoms in total. The number of aryl methyl sites for hydroxylation is 1. The van der Waals surface area contributed by atoms with Gasteiger partial charge in [0, 0.05) is 16.2 Å². The van der Waals surface area contributed by atoms with Crippen molar-refractivity contribution < 1.29 is 0 Å². The predicted octanol–water partition coefficient (Wildman–Crippen LogP) is 3.44. The van der Waals surface area contributed by atoms with Crippen molar-refractivity contribution in [1.29, 1.82) is 0 Å². The zero-order chi connectivity index (χ0) is 13.8. The Kier molecular flexibility index (Phi) is 4.77. The SMILES string of the molecule is Cc1ccnc(C(Cc2cc(Cl)ccc2Cl)NN)c1. The van der Waals surface area contributed by atoms with Gasteiger partial charge in [-0.25, -0.2) is 0 Å². The van der Waals surface area contributed by atoms with E-state index in [2.05, 4.69) is 10.4 Å². The van der Waals surface area contributed by atoms with Crippen molar-refractivity contribution in [3.05, 3.63) is 63.4 Å². The highest BCUT2D eigenvalue weighted by Gasteiger charge is 2.14. The predicted molar refractivity (Wildman–Crippen MR) is 79.2 cm³/mol. The van der Waals surface area contributed by atoms with Crippen LogP contribution in [0.15, 0.2) is 36.5 Å². The molecule has 1 unspecified atom stereocenters. The molecule has 5 heteroatoms. The number of hydrogen-bond donors (Lipinski definition) is 2. The molecular weight excluding hydrogens is 281 g/mol. The lowest BCUT2D eigenvalue weighted by atomic mass is 10.0. The van der Waals surface area contributed by atoms with Crippen molar-refractivity contribution in [2.75, 3.05) is 0 Å². The molecule has 3 N–H and O–H groups in total. The minimum Gasteiger partial charge on any atom is -0.271 e. The van der Waals surface area contributed by atoms with Gasteiger partial charge in [0.25, 0.3) is 0 Å². The summed E-state index contributed by atoms with van der Waals surface area (Å²) >= 11 is 12.2. The van der Waals surface area contributed by atoms with Crippen LogP contribution in [0.25, 0.3) is 0 Å². The number of nitrogens with zero attached hydrogens (tertiary/aromatic N) is 1. The fourth-order valence-corrected chi connectivity index (χ4v) is 2.31. The van der Waals surface area contributed by atoms with Gasteiger partial charge in [-0.3, -0.25) is 16.3 Å². The number of nitrogens with one attached hydrogen (secondary N) is 1. The van der Waals surface area contributed by atoms with Crippen molar-refractivity contribution >= 4 is 23.2 Å². The Morgan fingerprint density at radius 3 is 2.74 bits per heavy atom. The van der Waals surface area contributed by atoms with Crippen LogP contribution in [0.5, 0.6) is 0 Å². The zero-order valence-corrected chi connectivity index (χ0v) is 12.0. The Morgan fingerprint density at radius 1 is 1.26 bits per heavy atom. The lowest BCUT2D eigenvalue weighted by molar-refractivity contribution is 0.538. The largest absolute Gasteiger partial charge is 0.271 e. The van der Waals surface area contributed by atoms with E-state index < -0.39 is 0 Å². The highest BCUT2D eigenvalue weighted by molar-refractivity contribution is 6.33. The molecule has 0 radical (unpaired) electrons. The Labute approximate surface area is 122 Å². The highest BCUT2D eigenvalue weighted by Crippen LogP contribution is 2.25. The summed E-state index contributed by atoms with van der Waals surface area (Å²) in [4.78, 5) is 4.34. The number of halogens is 2. The van der Waals surface area contributed by atoms with Crippen LogP contribution in [0.2, 0.25) is 10.0 Å². The smallest absolute Gasteiger partial charge is 0.0673 e. The lowest BCUT2D eigenvalue weighted by Crippen LogP contribution is -2.30. The molecule has 0 aliphatic rings. The number of rotatable bonds is 4. The van der Waals surface area contributed by atoms with Gasteiger partial charge in [0.15, 0.2) is 0 Å². The van der Waals surface area contributed by atoms with E-state index in [9.17, 15) is 0 Å². The summed E-state index contributed by atoms with van der Waals surface area (Å²) in [6.45, 7) is 2.02. The van der Waals surface area contributed by atoms with Crippen molar-refractivity contribution in [1.82, 2.24) is 10.4 Å². The zero-order valence-electron chi connectivity index (χ0n) is 10.5. The third kappa shape index (κ3) is 3.67. The van der Waals surface area contributed by atoms with E-state index >= 15 is 0 Å². The minimum atomic E-state index is -0.101. The van der Waals surface area contributed by atoms with Crippen LogP contribution in [0.1, 0.15) is 22.9 Å². The molecule has 0 fully saturated rings. The molecule has 1 atom stereocenters. The van der Waals surface area contributed by atoms with E-state index in [4.69, 9.17) is 29.0 Å². The minimum absolute atomic E-state index is 0.101. The van der Waals surface area contributed by atoms with Crippen LogP contribution >= 0.6 is 23.2 Å². The van der Waals surface area contributed by atoms with E-state index in [1.165, 1.54) is 0 Å². The normalized spacial score (nSPS) is 12.4. The van der Waals surface area contributed by atoms with Crippen LogP contribution in [0.4, 0.5) is 0 Å². The number of pyridine rings is 1. The first kappa shape index (κ1) is 14.3. The summed E-state index contributed by atoms with van der Waals surface area (Å²) < 4.78 is 0. The van der Waals surface area contributed by atoms with Gasteiger partial charge in [0.1, 0.15) is 0 Å². The second-order valence-electron chi connectivity index (χ2n) is 4.42. The number of benzene rings is 1. The van der Waals surface area contributed by atoms with Gasteiger partial charge in [-0.2, -0.15) is 0 Å². The maximum absolute atomic E-state index is 6.17. The molecule has 0 saturated carbocycles. The van der Waals surface area contributed by atoms with E-state index in [0.717, 1.165) is 16.8 Å². The maximum atomic E-state index is 6.17. The lowest BCUT2D eigenvalue weighted by Gasteiger charge is -2.16. The third-order valence-corrected chi connectivity index (χ3v) is 3.53. The monoisotopic (exact) mass is 295 g/mol. The summed E-state index contributed by atoms with van der Waals surface area (Å²) in [6, 6.07) is 9.26. The number of hydrogen-bond acceptors (Lipinski definition) is 3. The molecule has 1 aromatic carbocycles. The number of nitrogens with two attached hydrogens (primary N) is 1. The van der Waals surface area contributed by atoms with Gasteiger partial charge in [-0.1, -0.05) is 23.2 Å². The first-order valence-corrected chi connectivity index (χ1v) is 6.68. The van der Waals surface area contributed by atoms with Gasteiger partial charge in [-0.15, -0.1) is 0 Å². The third-order valence-electron chi connectivity index (χ3n) is 2.93. The van der Waals surface area contributed by atoms with Crippen molar-refractivity contribution in [3.63, 3.8) is 0 Å². The van der Waals surface area contributed by atoms with Crippen molar-refractivity contribution in [3.8, 4) is 0 Å². The van der Waals surface area contributed by atoms with Crippen LogP contribution in [-0.4, -0.2) is 4.98 Å². The Hall–Kier alpha value is -1.13. The average Bonchev–Trinajstić information content (AvgIpc) is 2.39. The molecule has 0 spiro atoms. The molecule has 19 heavy (non-hydrogen) atoms. The summed E-state index contributed by atoms with van der Waals surface area (Å²) in [5.41, 5.74) is 5.75. The molecule has 2 rings (SSSR count). The van der Waals surface area contributed by atoms with Gasteiger partial charge in [-0.05, 0) is 54.8 Å². The standard InChI is InChI=1S/C14H15Cl2N3/c1-9-4-5-18-13(6-9)14(19-17)8-10-7-11(15)2-3-12(10)16/h2-7,14,19H,8,17H2,1H3. The Balaban J connectivity index is 2.26. The summed E-state index contributed by atoms with van der Waals surface area (Å²) in [7, 11) is 0. The quantitative estimate of drug-likeness (QED) is 0.671. The molecule has 2 aromatic rings. The summed E-state index contributed by atoms with van der Waals surface area (Å²) in [5, 5.41) is 1.34. The van der Waals surface area contributed by atoms with Crippen molar-refractivity contribution in [2.24, 2.45) is 5.84 Å². The molecule has 1 heterocycles. The van der Waals surface area contributed by atoms with E-state index in [1.807, 2.05) is 25.1 Å².